The van der Waals surface area contributed by atoms with E-state index in [2.05, 4.69) is 15.5 Å². The molecule has 0 spiro atoms. The van der Waals surface area contributed by atoms with Crippen LogP contribution < -0.4 is 15.5 Å². The molecular formula is C26H33N3O2. The van der Waals surface area contributed by atoms with Gasteiger partial charge < -0.3 is 15.5 Å². The summed E-state index contributed by atoms with van der Waals surface area (Å²) in [6, 6.07) is 15.7. The number of rotatable bonds is 6. The number of nitrogens with one attached hydrogen (secondary N) is 2. The van der Waals surface area contributed by atoms with Crippen molar-refractivity contribution < 1.29 is 9.59 Å². The van der Waals surface area contributed by atoms with E-state index in [1.54, 1.807) is 0 Å². The Morgan fingerprint density at radius 2 is 1.65 bits per heavy atom. The molecule has 0 bridgehead atoms. The SMILES string of the molecule is C[C@@H](NC(=O)c1cc(NC(=O)C2CCCC2)ccc1N1CCCCC1)c1ccccc1. The summed E-state index contributed by atoms with van der Waals surface area (Å²) in [5.41, 5.74) is 3.36. The smallest absolute Gasteiger partial charge is 0.253 e. The minimum absolute atomic E-state index is 0.0761. The van der Waals surface area contributed by atoms with Crippen LogP contribution in [0, 0.1) is 5.92 Å². The fraction of sp³-hybridized carbons (Fsp3) is 0.462. The lowest BCUT2D eigenvalue weighted by Crippen LogP contribution is -2.33. The van der Waals surface area contributed by atoms with Crippen LogP contribution in [-0.4, -0.2) is 24.9 Å². The fourth-order valence-corrected chi connectivity index (χ4v) is 4.74. The van der Waals surface area contributed by atoms with E-state index in [4.69, 9.17) is 0 Å². The third kappa shape index (κ3) is 5.27. The molecule has 1 heterocycles. The van der Waals surface area contributed by atoms with Gasteiger partial charge in [0.1, 0.15) is 0 Å². The lowest BCUT2D eigenvalue weighted by atomic mass is 10.0. The number of amides is 2. The minimum atomic E-state index is -0.103. The zero-order valence-electron chi connectivity index (χ0n) is 18.4. The predicted molar refractivity (Wildman–Crippen MR) is 125 cm³/mol. The second kappa shape index (κ2) is 9.99. The number of carbonyl (C=O) groups excluding carboxylic acids is 2. The Balaban J connectivity index is 1.56. The summed E-state index contributed by atoms with van der Waals surface area (Å²) in [7, 11) is 0. The van der Waals surface area contributed by atoms with Crippen LogP contribution in [-0.2, 0) is 4.79 Å². The van der Waals surface area contributed by atoms with Crippen LogP contribution in [0.15, 0.2) is 48.5 Å². The highest BCUT2D eigenvalue weighted by atomic mass is 16.2. The Labute approximate surface area is 185 Å². The van der Waals surface area contributed by atoms with Crippen LogP contribution in [0.2, 0.25) is 0 Å². The number of nitrogens with zero attached hydrogens (tertiary/aromatic N) is 1. The maximum absolute atomic E-state index is 13.3. The molecule has 1 saturated carbocycles. The van der Waals surface area contributed by atoms with Gasteiger partial charge >= 0.3 is 0 Å². The van der Waals surface area contributed by atoms with Gasteiger partial charge in [0.25, 0.3) is 5.91 Å². The average molecular weight is 420 g/mol. The maximum atomic E-state index is 13.3. The number of benzene rings is 2. The number of carbonyl (C=O) groups is 2. The van der Waals surface area contributed by atoms with Gasteiger partial charge in [-0.05, 0) is 62.8 Å². The summed E-state index contributed by atoms with van der Waals surface area (Å²) >= 11 is 0. The molecule has 2 aromatic carbocycles. The molecule has 2 fully saturated rings. The van der Waals surface area contributed by atoms with Gasteiger partial charge in [-0.15, -0.1) is 0 Å². The van der Waals surface area contributed by atoms with Crippen molar-refractivity contribution in [3.63, 3.8) is 0 Å². The first-order valence-corrected chi connectivity index (χ1v) is 11.7. The Morgan fingerprint density at radius 3 is 2.35 bits per heavy atom. The largest absolute Gasteiger partial charge is 0.371 e. The molecule has 2 aliphatic rings. The van der Waals surface area contributed by atoms with Crippen LogP contribution >= 0.6 is 0 Å². The highest BCUT2D eigenvalue weighted by Gasteiger charge is 2.24. The van der Waals surface area contributed by atoms with Gasteiger partial charge in [-0.3, -0.25) is 9.59 Å². The first-order valence-electron chi connectivity index (χ1n) is 11.7. The Hall–Kier alpha value is -2.82. The Kier molecular flexibility index (Phi) is 6.90. The quantitative estimate of drug-likeness (QED) is 0.668. The number of anilines is 2. The molecule has 2 aromatic rings. The van der Waals surface area contributed by atoms with Crippen molar-refractivity contribution in [1.29, 1.82) is 0 Å². The van der Waals surface area contributed by atoms with Crippen LogP contribution in [0.25, 0.3) is 0 Å². The van der Waals surface area contributed by atoms with Gasteiger partial charge in [0.15, 0.2) is 0 Å². The first-order chi connectivity index (χ1) is 15.1. The third-order valence-electron chi connectivity index (χ3n) is 6.58. The van der Waals surface area contributed by atoms with E-state index in [-0.39, 0.29) is 23.8 Å². The van der Waals surface area contributed by atoms with Crippen molar-refractivity contribution in [2.45, 2.75) is 57.9 Å². The fourth-order valence-electron chi connectivity index (χ4n) is 4.74. The average Bonchev–Trinajstić information content (AvgIpc) is 3.35. The lowest BCUT2D eigenvalue weighted by molar-refractivity contribution is -0.119. The third-order valence-corrected chi connectivity index (χ3v) is 6.58. The molecule has 2 amide bonds. The van der Waals surface area contributed by atoms with Crippen LogP contribution in [0.5, 0.6) is 0 Å². The van der Waals surface area contributed by atoms with E-state index in [0.29, 0.717) is 11.3 Å². The van der Waals surface area contributed by atoms with Crippen LogP contribution in [0.4, 0.5) is 11.4 Å². The normalized spacial score (nSPS) is 17.9. The monoisotopic (exact) mass is 419 g/mol. The van der Waals surface area contributed by atoms with Crippen molar-refractivity contribution in [3.8, 4) is 0 Å². The molecule has 4 rings (SSSR count). The molecule has 31 heavy (non-hydrogen) atoms. The number of hydrogen-bond acceptors (Lipinski definition) is 3. The van der Waals surface area contributed by atoms with E-state index < -0.39 is 0 Å². The Morgan fingerprint density at radius 1 is 0.935 bits per heavy atom. The number of piperidine rings is 1. The predicted octanol–water partition coefficient (Wildman–Crippen LogP) is 5.30. The van der Waals surface area contributed by atoms with E-state index in [9.17, 15) is 9.59 Å². The summed E-state index contributed by atoms with van der Waals surface area (Å²) < 4.78 is 0. The van der Waals surface area contributed by atoms with Crippen molar-refractivity contribution in [1.82, 2.24) is 5.32 Å². The molecule has 5 nitrogen and oxygen atoms in total. The molecular weight excluding hydrogens is 386 g/mol. The summed E-state index contributed by atoms with van der Waals surface area (Å²) in [6.45, 7) is 3.92. The molecule has 1 aliphatic carbocycles. The van der Waals surface area contributed by atoms with Gasteiger partial charge in [0, 0.05) is 30.4 Å². The number of hydrogen-bond donors (Lipinski definition) is 2. The van der Waals surface area contributed by atoms with Crippen LogP contribution in [0.3, 0.4) is 0 Å². The van der Waals surface area contributed by atoms with Crippen molar-refractivity contribution in [2.75, 3.05) is 23.3 Å². The Bertz CT molecular complexity index is 900. The first kappa shape index (κ1) is 21.4. The zero-order valence-corrected chi connectivity index (χ0v) is 18.4. The second-order valence-electron chi connectivity index (χ2n) is 8.86. The van der Waals surface area contributed by atoms with Crippen LogP contribution in [0.1, 0.15) is 73.8 Å². The molecule has 1 aliphatic heterocycles. The van der Waals surface area contributed by atoms with Crippen molar-refractivity contribution in [2.24, 2.45) is 5.92 Å². The maximum Gasteiger partial charge on any atom is 0.253 e. The topological polar surface area (TPSA) is 61.4 Å². The van der Waals surface area contributed by atoms with Gasteiger partial charge in [-0.1, -0.05) is 43.2 Å². The van der Waals surface area contributed by atoms with E-state index in [0.717, 1.165) is 62.9 Å². The molecule has 0 radical (unpaired) electrons. The van der Waals surface area contributed by atoms with E-state index in [1.807, 2.05) is 55.5 Å². The van der Waals surface area contributed by atoms with E-state index in [1.165, 1.54) is 6.42 Å². The van der Waals surface area contributed by atoms with Crippen molar-refractivity contribution >= 4 is 23.2 Å². The van der Waals surface area contributed by atoms with Crippen molar-refractivity contribution in [3.05, 3.63) is 59.7 Å². The highest BCUT2D eigenvalue weighted by molar-refractivity contribution is 6.02. The summed E-state index contributed by atoms with van der Waals surface area (Å²) in [4.78, 5) is 28.3. The van der Waals surface area contributed by atoms with Gasteiger partial charge in [0.05, 0.1) is 11.6 Å². The molecule has 164 valence electrons. The molecule has 0 aromatic heterocycles. The molecule has 1 saturated heterocycles. The molecule has 0 unspecified atom stereocenters. The summed E-state index contributed by atoms with van der Waals surface area (Å²) in [5.74, 6) is 0.0678. The van der Waals surface area contributed by atoms with E-state index >= 15 is 0 Å². The molecule has 5 heteroatoms. The minimum Gasteiger partial charge on any atom is -0.371 e. The summed E-state index contributed by atoms with van der Waals surface area (Å²) in [6.07, 6.45) is 7.68. The summed E-state index contributed by atoms with van der Waals surface area (Å²) in [5, 5.41) is 6.21. The second-order valence-corrected chi connectivity index (χ2v) is 8.86. The standard InChI is InChI=1S/C26H33N3O2/c1-19(20-10-4-2-5-11-20)27-26(31)23-18-22(28-25(30)21-12-6-7-13-21)14-15-24(23)29-16-8-3-9-17-29/h2,4-5,10-11,14-15,18-19,21H,3,6-9,12-13,16-17H2,1H3,(H,27,31)(H,28,30)/t19-/m1/s1. The molecule has 1 atom stereocenters. The van der Waals surface area contributed by atoms with Gasteiger partial charge in [-0.2, -0.15) is 0 Å². The van der Waals surface area contributed by atoms with Gasteiger partial charge in [0.2, 0.25) is 5.91 Å². The highest BCUT2D eigenvalue weighted by Crippen LogP contribution is 2.30. The molecule has 2 N–H and O–H groups in total. The lowest BCUT2D eigenvalue weighted by Gasteiger charge is -2.31. The zero-order chi connectivity index (χ0) is 21.6. The van der Waals surface area contributed by atoms with Gasteiger partial charge in [-0.25, -0.2) is 0 Å².